The number of anilines is 6. The number of hydrogen-bond acceptors (Lipinski definition) is 10. The van der Waals surface area contributed by atoms with E-state index < -0.39 is 10.1 Å². The number of likely N-dealkylation sites (N-methyl/N-ethyl adjacent to an activating group) is 2. The van der Waals surface area contributed by atoms with Crippen LogP contribution in [-0.2, 0) is 21.3 Å². The summed E-state index contributed by atoms with van der Waals surface area (Å²) in [7, 11) is 3.99. The number of carbonyl (C=O) groups excluding carboxylic acids is 1. The lowest BCUT2D eigenvalue weighted by Gasteiger charge is -2.30. The maximum atomic E-state index is 12.2. The minimum atomic E-state index is -3.67. The van der Waals surface area contributed by atoms with Gasteiger partial charge < -0.3 is 30.1 Å². The molecule has 0 unspecified atom stereocenters. The van der Waals surface area contributed by atoms with E-state index in [-0.39, 0.29) is 13.3 Å². The Bertz CT molecular complexity index is 1490. The fraction of sp³-hybridized carbons (Fsp3) is 0.367. The Morgan fingerprint density at radius 1 is 1.16 bits per heavy atom. The Morgan fingerprint density at radius 2 is 1.86 bits per heavy atom. The molecule has 0 saturated carbocycles. The van der Waals surface area contributed by atoms with Crippen LogP contribution < -0.4 is 25.2 Å². The van der Waals surface area contributed by atoms with E-state index >= 15 is 0 Å². The molecule has 43 heavy (non-hydrogen) atoms. The number of benzene rings is 2. The monoisotopic (exact) mass is 613 g/mol. The first-order valence-electron chi connectivity index (χ1n) is 13.3. The van der Waals surface area contributed by atoms with Gasteiger partial charge in [0.1, 0.15) is 11.6 Å². The van der Waals surface area contributed by atoms with Crippen molar-refractivity contribution in [3.63, 3.8) is 0 Å². The first kappa shape index (κ1) is 35.0. The number of nitrogens with zero attached hydrogens (tertiary/aromatic N) is 5. The molecule has 0 fully saturated rings. The number of fused-ring (bicyclic) bond motifs is 1. The third kappa shape index (κ3) is 10.5. The van der Waals surface area contributed by atoms with Gasteiger partial charge in [-0.2, -0.15) is 13.4 Å². The van der Waals surface area contributed by atoms with Crippen molar-refractivity contribution in [2.75, 3.05) is 74.6 Å². The van der Waals surface area contributed by atoms with Gasteiger partial charge in [0.05, 0.1) is 30.4 Å². The normalized spacial score (nSPS) is 12.2. The van der Waals surface area contributed by atoms with Crippen LogP contribution in [0.3, 0.4) is 0 Å². The van der Waals surface area contributed by atoms with Gasteiger partial charge in [0.25, 0.3) is 10.1 Å². The predicted octanol–water partition coefficient (Wildman–Crippen LogP) is 4.58. The molecule has 3 aromatic rings. The highest BCUT2D eigenvalue weighted by molar-refractivity contribution is 7.85. The van der Waals surface area contributed by atoms with Crippen LogP contribution in [0.25, 0.3) is 0 Å². The molecule has 0 radical (unpaired) electrons. The van der Waals surface area contributed by atoms with Crippen LogP contribution in [0.2, 0.25) is 0 Å². The van der Waals surface area contributed by atoms with Crippen LogP contribution in [0.1, 0.15) is 19.4 Å². The highest BCUT2D eigenvalue weighted by Crippen LogP contribution is 2.38. The summed E-state index contributed by atoms with van der Waals surface area (Å²) < 4.78 is 31.6. The minimum Gasteiger partial charge on any atom is -0.494 e. The number of ether oxygens (including phenoxy) is 1. The van der Waals surface area contributed by atoms with E-state index in [1.165, 1.54) is 17.3 Å². The van der Waals surface area contributed by atoms with Gasteiger partial charge >= 0.3 is 0 Å². The van der Waals surface area contributed by atoms with Crippen LogP contribution in [0, 0.1) is 0 Å². The summed E-state index contributed by atoms with van der Waals surface area (Å²) in [6, 6.07) is 14.1. The smallest absolute Gasteiger partial charge is 0.261 e. The quantitative estimate of drug-likeness (QED) is 0.219. The van der Waals surface area contributed by atoms with E-state index in [9.17, 15) is 13.2 Å². The van der Waals surface area contributed by atoms with Gasteiger partial charge in [0, 0.05) is 44.6 Å². The molecule has 2 aromatic carbocycles. The summed E-state index contributed by atoms with van der Waals surface area (Å²) in [4.78, 5) is 27.9. The lowest BCUT2D eigenvalue weighted by molar-refractivity contribution is -0.111. The second-order valence-corrected chi connectivity index (χ2v) is 11.4. The second-order valence-electron chi connectivity index (χ2n) is 9.97. The van der Waals surface area contributed by atoms with Crippen molar-refractivity contribution in [1.82, 2.24) is 14.9 Å². The van der Waals surface area contributed by atoms with Gasteiger partial charge in [-0.15, -0.1) is 0 Å². The average molecular weight is 614 g/mol. The average Bonchev–Trinajstić information content (AvgIpc) is 2.95. The van der Waals surface area contributed by atoms with Gasteiger partial charge in [0.2, 0.25) is 11.9 Å². The lowest BCUT2D eigenvalue weighted by atomic mass is 10.0. The lowest BCUT2D eigenvalue weighted by Crippen LogP contribution is -2.29. The first-order valence-corrected chi connectivity index (χ1v) is 15.1. The highest BCUT2D eigenvalue weighted by atomic mass is 32.2. The van der Waals surface area contributed by atoms with Crippen molar-refractivity contribution < 1.29 is 22.5 Å². The van der Waals surface area contributed by atoms with E-state index in [1.807, 2.05) is 39.3 Å². The Labute approximate surface area is 255 Å². The molecule has 0 atom stereocenters. The Kier molecular flexibility index (Phi) is 12.9. The largest absolute Gasteiger partial charge is 0.494 e. The fourth-order valence-corrected chi connectivity index (χ4v) is 4.36. The third-order valence-electron chi connectivity index (χ3n) is 6.33. The summed E-state index contributed by atoms with van der Waals surface area (Å²) in [6.07, 6.45) is 5.84. The van der Waals surface area contributed by atoms with Gasteiger partial charge in [-0.25, -0.2) is 4.98 Å². The number of amides is 1. The van der Waals surface area contributed by atoms with Crippen molar-refractivity contribution in [3.05, 3.63) is 66.9 Å². The van der Waals surface area contributed by atoms with Gasteiger partial charge in [-0.1, -0.05) is 32.2 Å². The summed E-state index contributed by atoms with van der Waals surface area (Å²) in [5.74, 6) is 1.58. The fourth-order valence-electron chi connectivity index (χ4n) is 4.36. The molecule has 0 saturated heterocycles. The number of nitrogens with one attached hydrogen (secondary N) is 2. The van der Waals surface area contributed by atoms with Crippen LogP contribution in [-0.4, -0.2) is 87.9 Å². The van der Waals surface area contributed by atoms with E-state index in [1.54, 1.807) is 13.3 Å². The zero-order valence-electron chi connectivity index (χ0n) is 24.7. The number of para-hydroxylation sites is 1. The molecule has 0 aliphatic carbocycles. The van der Waals surface area contributed by atoms with Crippen LogP contribution in [0.15, 0.2) is 61.3 Å². The molecular weight excluding hydrogens is 570 g/mol. The molecule has 234 valence electrons. The molecule has 1 aromatic heterocycles. The van der Waals surface area contributed by atoms with E-state index in [0.29, 0.717) is 29.3 Å². The van der Waals surface area contributed by atoms with Gasteiger partial charge in [0.15, 0.2) is 0 Å². The number of methoxy groups -OCH3 is 1. The van der Waals surface area contributed by atoms with Crippen LogP contribution >= 0.6 is 0 Å². The number of carbonyl (C=O) groups is 1. The number of aryl methyl sites for hydroxylation is 1. The zero-order chi connectivity index (χ0) is 30.9. The molecule has 1 aliphatic rings. The molecule has 2 heterocycles. The molecule has 4 rings (SSSR count). The van der Waals surface area contributed by atoms with Crippen LogP contribution in [0.5, 0.6) is 5.75 Å². The molecule has 0 spiro atoms. The Morgan fingerprint density at radius 3 is 2.51 bits per heavy atom. The van der Waals surface area contributed by atoms with E-state index in [4.69, 9.17) is 14.3 Å². The number of rotatable bonds is 10. The molecule has 0 bridgehead atoms. The summed E-state index contributed by atoms with van der Waals surface area (Å²) >= 11 is 0. The van der Waals surface area contributed by atoms with E-state index in [0.717, 1.165) is 44.0 Å². The third-order valence-corrected chi connectivity index (χ3v) is 6.33. The van der Waals surface area contributed by atoms with Crippen molar-refractivity contribution in [3.8, 4) is 5.75 Å². The summed E-state index contributed by atoms with van der Waals surface area (Å²) in [5.41, 5.74) is 4.60. The van der Waals surface area contributed by atoms with Crippen molar-refractivity contribution in [2.45, 2.75) is 20.3 Å². The standard InChI is InChI=1S/C28H35N7O2.CH4O3S.CH4/c1-6-27(36)30-21-18-22(25(37-5)19-24(21)34(4)17-16-33(2)3)31-28-29-14-13-26(32-28)35-15-9-11-20-10-7-8-12-23(20)35;1-5(2,3)4;/h6-8,10,12-14,18-19H,1,9,11,15-17H2,2-5H3,(H,30,36)(H,29,31,32);1H3,(H,2,3,4);1H4. The molecule has 3 N–H and O–H groups in total. The first-order chi connectivity index (χ1) is 19.9. The van der Waals surface area contributed by atoms with Crippen LogP contribution in [0.4, 0.5) is 34.5 Å². The maximum absolute atomic E-state index is 12.2. The maximum Gasteiger partial charge on any atom is 0.261 e. The van der Waals surface area contributed by atoms with E-state index in [2.05, 4.69) is 61.2 Å². The summed E-state index contributed by atoms with van der Waals surface area (Å²) in [6.45, 7) is 6.10. The minimum absolute atomic E-state index is 0. The second kappa shape index (κ2) is 15.9. The SMILES string of the molecule is C.C=CC(=O)Nc1cc(Nc2nccc(N3CCCc4ccccc43)n2)c(OC)cc1N(C)CCN(C)C.CS(=O)(=O)O. The number of hydrogen-bond donors (Lipinski definition) is 3. The van der Waals surface area contributed by atoms with Crippen molar-refractivity contribution >= 4 is 50.5 Å². The van der Waals surface area contributed by atoms with Crippen molar-refractivity contribution in [2.24, 2.45) is 0 Å². The molecule has 13 heteroatoms. The van der Waals surface area contributed by atoms with Crippen molar-refractivity contribution in [1.29, 1.82) is 0 Å². The Balaban J connectivity index is 0.000000993. The Hall–Kier alpha value is -4.20. The molecule has 1 aliphatic heterocycles. The molecule has 1 amide bonds. The zero-order valence-corrected chi connectivity index (χ0v) is 25.5. The van der Waals surface area contributed by atoms with Gasteiger partial charge in [-0.3, -0.25) is 9.35 Å². The van der Waals surface area contributed by atoms with Gasteiger partial charge in [-0.05, 0) is 56.8 Å². The predicted molar refractivity (Wildman–Crippen MR) is 175 cm³/mol. The highest BCUT2D eigenvalue weighted by Gasteiger charge is 2.20. The number of aromatic nitrogens is 2. The summed E-state index contributed by atoms with van der Waals surface area (Å²) in [5, 5.41) is 6.22. The molecular formula is C30H43N7O5S. The topological polar surface area (TPSA) is 140 Å². The molecule has 12 nitrogen and oxygen atoms in total.